The van der Waals surface area contributed by atoms with E-state index in [1.807, 2.05) is 19.1 Å². The summed E-state index contributed by atoms with van der Waals surface area (Å²) in [4.78, 5) is 25.0. The molecule has 1 aliphatic rings. The normalized spacial score (nSPS) is 14.9. The zero-order chi connectivity index (χ0) is 18.4. The summed E-state index contributed by atoms with van der Waals surface area (Å²) in [6.45, 7) is 6.92. The number of piperazine rings is 1. The SMILES string of the molecule is CCCNC(=O)c1cc(Nc2ccc(N3CCN(C)CC3)cc2)ncn1. The summed E-state index contributed by atoms with van der Waals surface area (Å²) in [6.07, 6.45) is 2.30. The Morgan fingerprint density at radius 2 is 1.85 bits per heavy atom. The number of nitrogens with one attached hydrogen (secondary N) is 2. The number of aromatic nitrogens is 2. The van der Waals surface area contributed by atoms with Crippen LogP contribution in [0.1, 0.15) is 23.8 Å². The Balaban J connectivity index is 1.63. The summed E-state index contributed by atoms with van der Waals surface area (Å²) < 4.78 is 0. The molecule has 3 rings (SSSR count). The number of rotatable bonds is 6. The van der Waals surface area contributed by atoms with Gasteiger partial charge in [-0.1, -0.05) is 6.92 Å². The van der Waals surface area contributed by atoms with Gasteiger partial charge in [0.2, 0.25) is 0 Å². The second-order valence-corrected chi connectivity index (χ2v) is 6.51. The number of carbonyl (C=O) groups excluding carboxylic acids is 1. The summed E-state index contributed by atoms with van der Waals surface area (Å²) in [6, 6.07) is 9.96. The quantitative estimate of drug-likeness (QED) is 0.828. The van der Waals surface area contributed by atoms with Gasteiger partial charge in [0.05, 0.1) is 0 Å². The average Bonchev–Trinajstić information content (AvgIpc) is 2.67. The molecule has 1 fully saturated rings. The Morgan fingerprint density at radius 1 is 1.12 bits per heavy atom. The second kappa shape index (κ2) is 8.62. The van der Waals surface area contributed by atoms with E-state index >= 15 is 0 Å². The van der Waals surface area contributed by atoms with Crippen molar-refractivity contribution in [1.82, 2.24) is 20.2 Å². The lowest BCUT2D eigenvalue weighted by molar-refractivity contribution is 0.0948. The lowest BCUT2D eigenvalue weighted by Gasteiger charge is -2.34. The molecule has 0 unspecified atom stereocenters. The van der Waals surface area contributed by atoms with Crippen molar-refractivity contribution in [1.29, 1.82) is 0 Å². The third-order valence-electron chi connectivity index (χ3n) is 4.44. The topological polar surface area (TPSA) is 73.4 Å². The predicted molar refractivity (Wildman–Crippen MR) is 104 cm³/mol. The van der Waals surface area contributed by atoms with Crippen molar-refractivity contribution in [2.45, 2.75) is 13.3 Å². The highest BCUT2D eigenvalue weighted by molar-refractivity contribution is 5.92. The number of likely N-dealkylation sites (N-methyl/N-ethyl adjacent to an activating group) is 1. The van der Waals surface area contributed by atoms with Crippen LogP contribution >= 0.6 is 0 Å². The van der Waals surface area contributed by atoms with E-state index in [1.165, 1.54) is 12.0 Å². The molecule has 7 nitrogen and oxygen atoms in total. The monoisotopic (exact) mass is 354 g/mol. The molecule has 0 radical (unpaired) electrons. The lowest BCUT2D eigenvalue weighted by Crippen LogP contribution is -2.44. The third-order valence-corrected chi connectivity index (χ3v) is 4.44. The maximum atomic E-state index is 12.0. The molecule has 1 amide bonds. The number of carbonyl (C=O) groups is 1. The Labute approximate surface area is 154 Å². The van der Waals surface area contributed by atoms with E-state index in [-0.39, 0.29) is 5.91 Å². The molecule has 0 aliphatic carbocycles. The van der Waals surface area contributed by atoms with Crippen LogP contribution in [0.3, 0.4) is 0 Å². The van der Waals surface area contributed by atoms with E-state index in [1.54, 1.807) is 6.07 Å². The van der Waals surface area contributed by atoms with Crippen LogP contribution in [0, 0.1) is 0 Å². The molecule has 138 valence electrons. The van der Waals surface area contributed by atoms with Gasteiger partial charge in [-0.05, 0) is 37.7 Å². The first-order chi connectivity index (χ1) is 12.7. The van der Waals surface area contributed by atoms with Gasteiger partial charge in [0.1, 0.15) is 17.8 Å². The fourth-order valence-electron chi connectivity index (χ4n) is 2.85. The minimum Gasteiger partial charge on any atom is -0.369 e. The molecule has 1 aromatic carbocycles. The highest BCUT2D eigenvalue weighted by Crippen LogP contribution is 2.21. The van der Waals surface area contributed by atoms with Crippen molar-refractivity contribution in [3.63, 3.8) is 0 Å². The largest absolute Gasteiger partial charge is 0.369 e. The maximum Gasteiger partial charge on any atom is 0.270 e. The lowest BCUT2D eigenvalue weighted by atomic mass is 10.2. The van der Waals surface area contributed by atoms with Crippen LogP contribution in [-0.4, -0.2) is 60.5 Å². The van der Waals surface area contributed by atoms with Crippen LogP contribution in [-0.2, 0) is 0 Å². The van der Waals surface area contributed by atoms with Crippen molar-refractivity contribution in [3.8, 4) is 0 Å². The van der Waals surface area contributed by atoms with Gasteiger partial charge in [-0.3, -0.25) is 4.79 Å². The van der Waals surface area contributed by atoms with Crippen molar-refractivity contribution in [3.05, 3.63) is 42.4 Å². The average molecular weight is 354 g/mol. The number of anilines is 3. The second-order valence-electron chi connectivity index (χ2n) is 6.51. The standard InChI is InChI=1S/C19H26N6O/c1-3-8-20-19(26)17-13-18(22-14-21-17)23-15-4-6-16(7-5-15)25-11-9-24(2)10-12-25/h4-7,13-14H,3,8-12H2,1-2H3,(H,20,26)(H,21,22,23). The van der Waals surface area contributed by atoms with Crippen LogP contribution in [0.15, 0.2) is 36.7 Å². The number of amides is 1. The van der Waals surface area contributed by atoms with Gasteiger partial charge < -0.3 is 20.4 Å². The van der Waals surface area contributed by atoms with Gasteiger partial charge in [-0.15, -0.1) is 0 Å². The fraction of sp³-hybridized carbons (Fsp3) is 0.421. The molecular formula is C19H26N6O. The van der Waals surface area contributed by atoms with Gasteiger partial charge in [-0.2, -0.15) is 0 Å². The Hall–Kier alpha value is -2.67. The van der Waals surface area contributed by atoms with Crippen molar-refractivity contribution < 1.29 is 4.79 Å². The highest BCUT2D eigenvalue weighted by atomic mass is 16.1. The maximum absolute atomic E-state index is 12.0. The van der Waals surface area contributed by atoms with Gasteiger partial charge in [0, 0.05) is 50.2 Å². The number of hydrogen-bond donors (Lipinski definition) is 2. The van der Waals surface area contributed by atoms with Gasteiger partial charge in [0.15, 0.2) is 0 Å². The van der Waals surface area contributed by atoms with Gasteiger partial charge >= 0.3 is 0 Å². The van der Waals surface area contributed by atoms with Crippen LogP contribution < -0.4 is 15.5 Å². The Kier molecular flexibility index (Phi) is 6.01. The summed E-state index contributed by atoms with van der Waals surface area (Å²) in [5, 5.41) is 6.06. The zero-order valence-corrected chi connectivity index (χ0v) is 15.4. The van der Waals surface area contributed by atoms with Crippen molar-refractivity contribution in [2.24, 2.45) is 0 Å². The molecule has 2 N–H and O–H groups in total. The van der Waals surface area contributed by atoms with E-state index in [0.717, 1.165) is 38.3 Å². The molecule has 1 aliphatic heterocycles. The first-order valence-electron chi connectivity index (χ1n) is 9.06. The molecule has 2 heterocycles. The summed E-state index contributed by atoms with van der Waals surface area (Å²) in [5.41, 5.74) is 2.53. The summed E-state index contributed by atoms with van der Waals surface area (Å²) >= 11 is 0. The Morgan fingerprint density at radius 3 is 2.54 bits per heavy atom. The summed E-state index contributed by atoms with van der Waals surface area (Å²) in [5.74, 6) is 0.428. The minimum absolute atomic E-state index is 0.178. The number of benzene rings is 1. The molecule has 1 saturated heterocycles. The van der Waals surface area contributed by atoms with Crippen LogP contribution in [0.25, 0.3) is 0 Å². The number of hydrogen-bond acceptors (Lipinski definition) is 6. The minimum atomic E-state index is -0.178. The molecule has 0 saturated carbocycles. The van der Waals surface area contributed by atoms with Gasteiger partial charge in [-0.25, -0.2) is 9.97 Å². The van der Waals surface area contributed by atoms with E-state index in [4.69, 9.17) is 0 Å². The molecule has 0 atom stereocenters. The summed E-state index contributed by atoms with van der Waals surface area (Å²) in [7, 11) is 2.16. The van der Waals surface area contributed by atoms with Gasteiger partial charge in [0.25, 0.3) is 5.91 Å². The third kappa shape index (κ3) is 4.70. The van der Waals surface area contributed by atoms with E-state index in [2.05, 4.69) is 49.6 Å². The van der Waals surface area contributed by atoms with Crippen LogP contribution in [0.2, 0.25) is 0 Å². The van der Waals surface area contributed by atoms with E-state index in [0.29, 0.717) is 18.1 Å². The van der Waals surface area contributed by atoms with Crippen LogP contribution in [0.4, 0.5) is 17.2 Å². The molecular weight excluding hydrogens is 328 g/mol. The zero-order valence-electron chi connectivity index (χ0n) is 15.4. The number of nitrogens with zero attached hydrogens (tertiary/aromatic N) is 4. The highest BCUT2D eigenvalue weighted by Gasteiger charge is 2.14. The molecule has 0 bridgehead atoms. The fourth-order valence-corrected chi connectivity index (χ4v) is 2.85. The van der Waals surface area contributed by atoms with E-state index in [9.17, 15) is 4.79 Å². The Bertz CT molecular complexity index is 725. The van der Waals surface area contributed by atoms with Crippen LogP contribution in [0.5, 0.6) is 0 Å². The molecule has 7 heteroatoms. The first-order valence-corrected chi connectivity index (χ1v) is 9.06. The smallest absolute Gasteiger partial charge is 0.270 e. The van der Waals surface area contributed by atoms with E-state index < -0.39 is 0 Å². The van der Waals surface area contributed by atoms with Crippen molar-refractivity contribution >= 4 is 23.1 Å². The molecule has 1 aromatic heterocycles. The first kappa shape index (κ1) is 18.1. The molecule has 0 spiro atoms. The molecule has 26 heavy (non-hydrogen) atoms. The van der Waals surface area contributed by atoms with Crippen molar-refractivity contribution in [2.75, 3.05) is 50.0 Å². The molecule has 2 aromatic rings. The predicted octanol–water partition coefficient (Wildman–Crippen LogP) is 2.11.